The summed E-state index contributed by atoms with van der Waals surface area (Å²) in [5.41, 5.74) is 6.51. The Morgan fingerprint density at radius 3 is 2.44 bits per heavy atom. The first-order chi connectivity index (χ1) is 7.49. The third-order valence-electron chi connectivity index (χ3n) is 2.04. The number of carbonyl (C=O) groups is 1. The van der Waals surface area contributed by atoms with Gasteiger partial charge >= 0.3 is 0 Å². The van der Waals surface area contributed by atoms with E-state index in [1.165, 1.54) is 0 Å². The zero-order valence-electron chi connectivity index (χ0n) is 10.7. The van der Waals surface area contributed by atoms with Crippen LogP contribution in [0.1, 0.15) is 13.3 Å². The molecule has 1 heterocycles. The van der Waals surface area contributed by atoms with Gasteiger partial charge in [0.25, 0.3) is 0 Å². The van der Waals surface area contributed by atoms with E-state index in [0.717, 1.165) is 5.69 Å². The van der Waals surface area contributed by atoms with Crippen LogP contribution in [0.4, 0.5) is 11.5 Å². The summed E-state index contributed by atoms with van der Waals surface area (Å²) in [4.78, 5) is 17.5. The summed E-state index contributed by atoms with van der Waals surface area (Å²) in [5, 5.41) is 2.69. The smallest absolute Gasteiger partial charge is 0.227 e. The molecule has 104 valence electrons. The highest BCUT2D eigenvalue weighted by Gasteiger charge is 2.06. The maximum Gasteiger partial charge on any atom is 0.227 e. The van der Waals surface area contributed by atoms with Crippen LogP contribution >= 0.6 is 24.8 Å². The Balaban J connectivity index is 0. The molecule has 1 atom stereocenters. The van der Waals surface area contributed by atoms with Gasteiger partial charge in [-0.2, -0.15) is 0 Å². The lowest BCUT2D eigenvalue weighted by Gasteiger charge is -2.12. The monoisotopic (exact) mass is 294 g/mol. The quantitative estimate of drug-likeness (QED) is 0.886. The third kappa shape index (κ3) is 6.64. The minimum atomic E-state index is -0.138. The van der Waals surface area contributed by atoms with E-state index in [4.69, 9.17) is 5.73 Å². The molecule has 0 aliphatic rings. The first-order valence-corrected chi connectivity index (χ1v) is 5.18. The maximum absolute atomic E-state index is 11.4. The molecule has 0 bridgehead atoms. The minimum Gasteiger partial charge on any atom is -0.376 e. The largest absolute Gasteiger partial charge is 0.376 e. The Morgan fingerprint density at radius 2 is 2.06 bits per heavy atom. The van der Waals surface area contributed by atoms with Crippen LogP contribution in [0.25, 0.3) is 0 Å². The van der Waals surface area contributed by atoms with Gasteiger partial charge in [-0.05, 0) is 19.1 Å². The molecule has 0 aliphatic heterocycles. The summed E-state index contributed by atoms with van der Waals surface area (Å²) in [6.45, 7) is 1.79. The van der Waals surface area contributed by atoms with Crippen molar-refractivity contribution < 1.29 is 4.79 Å². The summed E-state index contributed by atoms with van der Waals surface area (Å²) in [6.07, 6.45) is 2.01. The van der Waals surface area contributed by atoms with E-state index in [9.17, 15) is 4.79 Å². The number of amides is 1. The number of hydrogen-bond acceptors (Lipinski definition) is 4. The van der Waals surface area contributed by atoms with Crippen molar-refractivity contribution in [1.29, 1.82) is 0 Å². The van der Waals surface area contributed by atoms with Gasteiger partial charge in [0.2, 0.25) is 5.91 Å². The number of hydrogen-bond donors (Lipinski definition) is 2. The molecule has 1 aromatic rings. The van der Waals surface area contributed by atoms with Crippen LogP contribution in [-0.2, 0) is 4.79 Å². The van der Waals surface area contributed by atoms with Gasteiger partial charge in [-0.3, -0.25) is 4.79 Å². The number of pyridine rings is 1. The number of carbonyl (C=O) groups excluding carboxylic acids is 1. The molecule has 0 spiro atoms. The predicted octanol–water partition coefficient (Wildman–Crippen LogP) is 1.67. The molecule has 3 N–H and O–H groups in total. The summed E-state index contributed by atoms with van der Waals surface area (Å²) in [7, 11) is 3.87. The van der Waals surface area contributed by atoms with Gasteiger partial charge in [0.05, 0.1) is 11.9 Å². The third-order valence-corrected chi connectivity index (χ3v) is 2.04. The van der Waals surface area contributed by atoms with Gasteiger partial charge in [0, 0.05) is 26.6 Å². The molecule has 0 saturated carbocycles. The van der Waals surface area contributed by atoms with Crippen molar-refractivity contribution in [2.75, 3.05) is 24.3 Å². The maximum atomic E-state index is 11.4. The summed E-state index contributed by atoms with van der Waals surface area (Å²) in [6, 6.07) is 3.53. The molecule has 1 rings (SSSR count). The lowest BCUT2D eigenvalue weighted by molar-refractivity contribution is -0.116. The van der Waals surface area contributed by atoms with Crippen LogP contribution in [0.2, 0.25) is 0 Å². The molecule has 18 heavy (non-hydrogen) atoms. The minimum absolute atomic E-state index is 0. The number of aromatic nitrogens is 1. The van der Waals surface area contributed by atoms with Crippen molar-refractivity contribution in [3.05, 3.63) is 18.3 Å². The molecule has 1 amide bonds. The predicted molar refractivity (Wildman–Crippen MR) is 80.0 cm³/mol. The highest BCUT2D eigenvalue weighted by molar-refractivity contribution is 5.90. The molecule has 0 radical (unpaired) electrons. The molecule has 0 aliphatic carbocycles. The Hall–Kier alpha value is -1.04. The van der Waals surface area contributed by atoms with Gasteiger partial charge in [0.15, 0.2) is 0 Å². The summed E-state index contributed by atoms with van der Waals surface area (Å²) >= 11 is 0. The van der Waals surface area contributed by atoms with Crippen molar-refractivity contribution in [1.82, 2.24) is 4.98 Å². The molecular formula is C11H20Cl2N4O. The lowest BCUT2D eigenvalue weighted by Crippen LogP contribution is -2.24. The molecule has 5 nitrogen and oxygen atoms in total. The molecule has 0 aromatic carbocycles. The number of rotatable bonds is 4. The fourth-order valence-electron chi connectivity index (χ4n) is 1.21. The van der Waals surface area contributed by atoms with Crippen molar-refractivity contribution in [2.45, 2.75) is 19.4 Å². The van der Waals surface area contributed by atoms with Crippen LogP contribution in [0.3, 0.4) is 0 Å². The van der Waals surface area contributed by atoms with E-state index >= 15 is 0 Å². The Bertz CT molecular complexity index is 355. The van der Waals surface area contributed by atoms with Crippen LogP contribution in [0.5, 0.6) is 0 Å². The fourth-order valence-corrected chi connectivity index (χ4v) is 1.21. The van der Waals surface area contributed by atoms with Crippen molar-refractivity contribution in [3.8, 4) is 0 Å². The van der Waals surface area contributed by atoms with Crippen LogP contribution in [0.15, 0.2) is 18.3 Å². The van der Waals surface area contributed by atoms with E-state index < -0.39 is 0 Å². The molecule has 1 unspecified atom stereocenters. The zero-order chi connectivity index (χ0) is 12.1. The van der Waals surface area contributed by atoms with E-state index in [1.54, 1.807) is 19.2 Å². The van der Waals surface area contributed by atoms with Crippen LogP contribution in [-0.4, -0.2) is 31.0 Å². The van der Waals surface area contributed by atoms with E-state index in [0.29, 0.717) is 12.2 Å². The van der Waals surface area contributed by atoms with Gasteiger partial charge in [-0.15, -0.1) is 24.8 Å². The van der Waals surface area contributed by atoms with E-state index in [2.05, 4.69) is 10.3 Å². The SMILES string of the molecule is CC(N)CC(=O)Nc1ccc(N(C)C)cn1.Cl.Cl. The molecular weight excluding hydrogens is 275 g/mol. The van der Waals surface area contributed by atoms with E-state index in [1.807, 2.05) is 25.1 Å². The molecule has 0 fully saturated rings. The molecule has 7 heteroatoms. The van der Waals surface area contributed by atoms with E-state index in [-0.39, 0.29) is 36.8 Å². The first-order valence-electron chi connectivity index (χ1n) is 5.18. The highest BCUT2D eigenvalue weighted by atomic mass is 35.5. The van der Waals surface area contributed by atoms with Gasteiger partial charge in [-0.25, -0.2) is 4.98 Å². The number of nitrogens with two attached hydrogens (primary N) is 1. The average molecular weight is 295 g/mol. The zero-order valence-corrected chi connectivity index (χ0v) is 12.3. The van der Waals surface area contributed by atoms with Gasteiger partial charge in [0.1, 0.15) is 5.82 Å². The number of nitrogens with one attached hydrogen (secondary N) is 1. The fraction of sp³-hybridized carbons (Fsp3) is 0.455. The van der Waals surface area contributed by atoms with Gasteiger partial charge in [-0.1, -0.05) is 0 Å². The second kappa shape index (κ2) is 8.97. The Kier molecular flexibility index (Phi) is 9.61. The Labute approximate surface area is 120 Å². The second-order valence-corrected chi connectivity index (χ2v) is 4.03. The molecule has 1 aromatic heterocycles. The number of anilines is 2. The topological polar surface area (TPSA) is 71.2 Å². The number of nitrogens with zero attached hydrogens (tertiary/aromatic N) is 2. The second-order valence-electron chi connectivity index (χ2n) is 4.03. The van der Waals surface area contributed by atoms with Gasteiger partial charge < -0.3 is 16.0 Å². The van der Waals surface area contributed by atoms with Crippen LogP contribution < -0.4 is 16.0 Å². The normalized spacial score (nSPS) is 10.7. The average Bonchev–Trinajstić information content (AvgIpc) is 2.16. The standard InChI is InChI=1S/C11H18N4O.2ClH/c1-8(12)6-11(16)14-10-5-4-9(7-13-10)15(2)3;;/h4-5,7-8H,6,12H2,1-3H3,(H,13,14,16);2*1H. The lowest BCUT2D eigenvalue weighted by atomic mass is 10.2. The van der Waals surface area contributed by atoms with Crippen LogP contribution in [0, 0.1) is 0 Å². The molecule has 0 saturated heterocycles. The highest BCUT2D eigenvalue weighted by Crippen LogP contribution is 2.12. The van der Waals surface area contributed by atoms with Crippen molar-refractivity contribution in [3.63, 3.8) is 0 Å². The van der Waals surface area contributed by atoms with Crippen molar-refractivity contribution >= 4 is 42.2 Å². The van der Waals surface area contributed by atoms with Crippen molar-refractivity contribution in [2.24, 2.45) is 5.73 Å². The number of halogens is 2. The summed E-state index contributed by atoms with van der Waals surface area (Å²) < 4.78 is 0. The Morgan fingerprint density at radius 1 is 1.44 bits per heavy atom. The first kappa shape index (κ1) is 19.3. The summed E-state index contributed by atoms with van der Waals surface area (Å²) in [5.74, 6) is 0.441.